The highest BCUT2D eigenvalue weighted by atomic mass is 35.5. The number of halogens is 2. The summed E-state index contributed by atoms with van der Waals surface area (Å²) in [5.74, 6) is -0.565. The van der Waals surface area contributed by atoms with Gasteiger partial charge in [0.05, 0.1) is 21.2 Å². The fraction of sp³-hybridized carbons (Fsp3) is 0.107. The van der Waals surface area contributed by atoms with Crippen LogP contribution in [0.2, 0.25) is 10.0 Å². The van der Waals surface area contributed by atoms with E-state index in [9.17, 15) is 21.6 Å². The molecule has 40 heavy (non-hydrogen) atoms. The van der Waals surface area contributed by atoms with Gasteiger partial charge in [0.25, 0.3) is 26.0 Å². The Morgan fingerprint density at radius 1 is 0.650 bits per heavy atom. The van der Waals surface area contributed by atoms with Crippen molar-refractivity contribution >= 4 is 66.2 Å². The Bertz CT molecular complexity index is 1810. The van der Waals surface area contributed by atoms with Crippen LogP contribution in [0.5, 0.6) is 0 Å². The molecule has 0 saturated carbocycles. The molecule has 4 rings (SSSR count). The monoisotopic (exact) mass is 617 g/mol. The normalized spacial score (nSPS) is 11.6. The van der Waals surface area contributed by atoms with E-state index in [4.69, 9.17) is 23.2 Å². The van der Waals surface area contributed by atoms with Crippen molar-refractivity contribution in [2.24, 2.45) is 0 Å². The van der Waals surface area contributed by atoms with Crippen molar-refractivity contribution in [3.63, 3.8) is 0 Å². The zero-order valence-electron chi connectivity index (χ0n) is 21.6. The molecular weight excluding hydrogens is 593 g/mol. The van der Waals surface area contributed by atoms with E-state index in [-0.39, 0.29) is 31.1 Å². The molecule has 0 radical (unpaired) electrons. The highest BCUT2D eigenvalue weighted by Gasteiger charge is 2.21. The standard InChI is InChI=1S/C28H25Cl2N3O5S2/c1-17-4-11-26(19(3)12-17)33-40(37,38)27-13-20(6-5-18(27)2)28(34)31-23-7-9-25(10-8-23)39(35,36)32-24-15-21(29)14-22(30)16-24/h4-16,32-33H,1-3H3,(H,31,34). The topological polar surface area (TPSA) is 121 Å². The van der Waals surface area contributed by atoms with Gasteiger partial charge in [-0.25, -0.2) is 16.8 Å². The number of anilines is 3. The Hall–Kier alpha value is -3.57. The third-order valence-electron chi connectivity index (χ3n) is 5.90. The zero-order valence-corrected chi connectivity index (χ0v) is 24.8. The third kappa shape index (κ3) is 6.95. The van der Waals surface area contributed by atoms with Gasteiger partial charge in [0.2, 0.25) is 0 Å². The van der Waals surface area contributed by atoms with Gasteiger partial charge in [-0.05, 0) is 92.6 Å². The minimum atomic E-state index is -3.98. The molecule has 1 amide bonds. The number of hydrogen-bond donors (Lipinski definition) is 3. The summed E-state index contributed by atoms with van der Waals surface area (Å²) in [4.78, 5) is 12.9. The van der Waals surface area contributed by atoms with E-state index in [1.165, 1.54) is 54.6 Å². The van der Waals surface area contributed by atoms with Crippen molar-refractivity contribution in [2.45, 2.75) is 30.6 Å². The van der Waals surface area contributed by atoms with E-state index in [0.29, 0.717) is 16.9 Å². The first kappa shape index (κ1) is 29.4. The smallest absolute Gasteiger partial charge is 0.262 e. The quantitative estimate of drug-likeness (QED) is 0.201. The number of hydrogen-bond acceptors (Lipinski definition) is 5. The van der Waals surface area contributed by atoms with E-state index in [1.807, 2.05) is 13.0 Å². The van der Waals surface area contributed by atoms with Crippen LogP contribution in [0.3, 0.4) is 0 Å². The van der Waals surface area contributed by atoms with Crippen LogP contribution in [0.25, 0.3) is 0 Å². The fourth-order valence-corrected chi connectivity index (χ4v) is 6.88. The Labute approximate surface area is 243 Å². The van der Waals surface area contributed by atoms with Crippen LogP contribution < -0.4 is 14.8 Å². The molecule has 0 aliphatic carbocycles. The van der Waals surface area contributed by atoms with Gasteiger partial charge >= 0.3 is 0 Å². The van der Waals surface area contributed by atoms with Crippen LogP contribution in [0.4, 0.5) is 17.1 Å². The first-order chi connectivity index (χ1) is 18.7. The number of carbonyl (C=O) groups excluding carboxylic acids is 1. The molecule has 0 saturated heterocycles. The Kier molecular flexibility index (Phi) is 8.46. The molecule has 0 unspecified atom stereocenters. The van der Waals surface area contributed by atoms with E-state index < -0.39 is 26.0 Å². The molecule has 208 valence electrons. The van der Waals surface area contributed by atoms with Gasteiger partial charge in [0, 0.05) is 21.3 Å². The molecule has 0 fully saturated rings. The number of rotatable bonds is 8. The first-order valence-corrected chi connectivity index (χ1v) is 15.6. The summed E-state index contributed by atoms with van der Waals surface area (Å²) in [5, 5.41) is 3.21. The molecular formula is C28H25Cl2N3O5S2. The van der Waals surface area contributed by atoms with Gasteiger partial charge in [-0.1, -0.05) is 47.0 Å². The Morgan fingerprint density at radius 3 is 1.93 bits per heavy atom. The largest absolute Gasteiger partial charge is 0.322 e. The summed E-state index contributed by atoms with van der Waals surface area (Å²) in [5.41, 5.74) is 3.32. The summed E-state index contributed by atoms with van der Waals surface area (Å²) >= 11 is 11.9. The summed E-state index contributed by atoms with van der Waals surface area (Å²) in [6.45, 7) is 5.36. The summed E-state index contributed by atoms with van der Waals surface area (Å²) < 4.78 is 56.9. The lowest BCUT2D eigenvalue weighted by Crippen LogP contribution is -2.17. The molecule has 0 aliphatic rings. The molecule has 0 heterocycles. The molecule has 3 N–H and O–H groups in total. The van der Waals surface area contributed by atoms with Crippen LogP contribution in [-0.4, -0.2) is 22.7 Å². The number of benzene rings is 4. The highest BCUT2D eigenvalue weighted by molar-refractivity contribution is 7.93. The number of amides is 1. The van der Waals surface area contributed by atoms with Crippen molar-refractivity contribution in [1.29, 1.82) is 0 Å². The summed E-state index contributed by atoms with van der Waals surface area (Å²) in [7, 11) is -7.94. The van der Waals surface area contributed by atoms with Crippen molar-refractivity contribution in [3.8, 4) is 0 Å². The summed E-state index contributed by atoms with van der Waals surface area (Å²) in [6.07, 6.45) is 0. The van der Waals surface area contributed by atoms with Crippen molar-refractivity contribution in [3.05, 3.63) is 111 Å². The van der Waals surface area contributed by atoms with Crippen LogP contribution in [0.15, 0.2) is 88.7 Å². The predicted octanol–water partition coefficient (Wildman–Crippen LogP) is 6.77. The van der Waals surface area contributed by atoms with E-state index in [1.54, 1.807) is 32.0 Å². The van der Waals surface area contributed by atoms with Gasteiger partial charge in [-0.2, -0.15) is 0 Å². The molecule has 0 aliphatic heterocycles. The van der Waals surface area contributed by atoms with Crippen molar-refractivity contribution in [2.75, 3.05) is 14.8 Å². The second-order valence-corrected chi connectivity index (χ2v) is 13.4. The lowest BCUT2D eigenvalue weighted by Gasteiger charge is -2.14. The second kappa shape index (κ2) is 11.5. The number of sulfonamides is 2. The molecule has 8 nitrogen and oxygen atoms in total. The van der Waals surface area contributed by atoms with Crippen molar-refractivity contribution < 1.29 is 21.6 Å². The average molecular weight is 619 g/mol. The lowest BCUT2D eigenvalue weighted by atomic mass is 10.1. The molecule has 0 aromatic heterocycles. The number of aryl methyl sites for hydroxylation is 3. The van der Waals surface area contributed by atoms with Gasteiger partial charge in [-0.15, -0.1) is 0 Å². The van der Waals surface area contributed by atoms with Gasteiger partial charge in [0.15, 0.2) is 0 Å². The third-order valence-corrected chi connectivity index (χ3v) is 9.24. The average Bonchev–Trinajstić information content (AvgIpc) is 2.85. The van der Waals surface area contributed by atoms with E-state index in [2.05, 4.69) is 14.8 Å². The number of carbonyl (C=O) groups is 1. The fourth-order valence-electron chi connectivity index (χ4n) is 3.91. The first-order valence-electron chi connectivity index (χ1n) is 11.8. The lowest BCUT2D eigenvalue weighted by molar-refractivity contribution is 0.102. The summed E-state index contributed by atoms with van der Waals surface area (Å²) in [6, 6.07) is 19.5. The van der Waals surface area contributed by atoms with Crippen LogP contribution in [-0.2, 0) is 20.0 Å². The highest BCUT2D eigenvalue weighted by Crippen LogP contribution is 2.26. The van der Waals surface area contributed by atoms with E-state index >= 15 is 0 Å². The maximum atomic E-state index is 13.2. The molecule has 0 atom stereocenters. The minimum Gasteiger partial charge on any atom is -0.322 e. The maximum Gasteiger partial charge on any atom is 0.262 e. The Morgan fingerprint density at radius 2 is 1.30 bits per heavy atom. The van der Waals surface area contributed by atoms with E-state index in [0.717, 1.165) is 11.1 Å². The molecule has 0 spiro atoms. The van der Waals surface area contributed by atoms with Crippen molar-refractivity contribution in [1.82, 2.24) is 0 Å². The molecule has 0 bridgehead atoms. The zero-order chi connectivity index (χ0) is 29.2. The Balaban J connectivity index is 1.51. The van der Waals surface area contributed by atoms with Crippen LogP contribution in [0, 0.1) is 20.8 Å². The predicted molar refractivity (Wildman–Crippen MR) is 160 cm³/mol. The molecule has 12 heteroatoms. The molecule has 4 aromatic carbocycles. The maximum absolute atomic E-state index is 13.2. The van der Waals surface area contributed by atoms with Gasteiger partial charge in [-0.3, -0.25) is 14.2 Å². The number of nitrogens with one attached hydrogen (secondary N) is 3. The van der Waals surface area contributed by atoms with Gasteiger partial charge < -0.3 is 5.32 Å². The van der Waals surface area contributed by atoms with Crippen LogP contribution in [0.1, 0.15) is 27.0 Å². The minimum absolute atomic E-state index is 0.0336. The van der Waals surface area contributed by atoms with Crippen LogP contribution >= 0.6 is 23.2 Å². The van der Waals surface area contributed by atoms with Gasteiger partial charge in [0.1, 0.15) is 0 Å². The molecule has 4 aromatic rings. The SMILES string of the molecule is Cc1ccc(NS(=O)(=O)c2cc(C(=O)Nc3ccc(S(=O)(=O)Nc4cc(Cl)cc(Cl)c4)cc3)ccc2C)c(C)c1. The second-order valence-electron chi connectivity index (χ2n) is 9.15.